The molecule has 3 rings (SSSR count). The van der Waals surface area contributed by atoms with E-state index in [-0.39, 0.29) is 23.2 Å². The van der Waals surface area contributed by atoms with Crippen molar-refractivity contribution < 1.29 is 17.6 Å². The first-order chi connectivity index (χ1) is 15.9. The van der Waals surface area contributed by atoms with Gasteiger partial charge in [-0.3, -0.25) is 0 Å². The van der Waals surface area contributed by atoms with Crippen LogP contribution in [0.3, 0.4) is 0 Å². The van der Waals surface area contributed by atoms with Crippen LogP contribution in [-0.4, -0.2) is 0 Å². The molecule has 0 aromatic heterocycles. The highest BCUT2D eigenvalue weighted by Gasteiger charge is 2.34. The molecule has 34 heavy (non-hydrogen) atoms. The van der Waals surface area contributed by atoms with Gasteiger partial charge in [-0.1, -0.05) is 75.7 Å². The Kier molecular flexibility index (Phi) is 8.13. The van der Waals surface area contributed by atoms with Crippen molar-refractivity contribution in [2.24, 2.45) is 0 Å². The van der Waals surface area contributed by atoms with E-state index < -0.39 is 17.7 Å². The minimum Gasteiger partial charge on any atom is -0.207 e. The number of alkyl halides is 3. The third-order valence-corrected chi connectivity index (χ3v) is 6.95. The van der Waals surface area contributed by atoms with Crippen LogP contribution in [0.2, 0.25) is 5.02 Å². The summed E-state index contributed by atoms with van der Waals surface area (Å²) in [6.45, 7) is 9.53. The van der Waals surface area contributed by atoms with Crippen LogP contribution in [-0.2, 0) is 19.0 Å². The molecule has 0 bridgehead atoms. The van der Waals surface area contributed by atoms with Crippen molar-refractivity contribution in [3.8, 4) is 0 Å². The predicted octanol–water partition coefficient (Wildman–Crippen LogP) is 9.62. The molecule has 3 aromatic rings. The van der Waals surface area contributed by atoms with E-state index in [2.05, 4.69) is 0 Å². The van der Waals surface area contributed by atoms with Gasteiger partial charge in [0.1, 0.15) is 5.82 Å². The van der Waals surface area contributed by atoms with Crippen LogP contribution in [0, 0.1) is 12.7 Å². The van der Waals surface area contributed by atoms with Crippen LogP contribution in [0.1, 0.15) is 84.4 Å². The predicted molar refractivity (Wildman–Crippen MR) is 132 cm³/mol. The van der Waals surface area contributed by atoms with Gasteiger partial charge in [0.15, 0.2) is 0 Å². The van der Waals surface area contributed by atoms with Crippen molar-refractivity contribution in [3.05, 3.63) is 104 Å². The van der Waals surface area contributed by atoms with Gasteiger partial charge in [0.05, 0.1) is 5.56 Å². The lowest BCUT2D eigenvalue weighted by Crippen LogP contribution is -2.14. The molecule has 0 fully saturated rings. The Morgan fingerprint density at radius 1 is 0.824 bits per heavy atom. The van der Waals surface area contributed by atoms with E-state index in [9.17, 15) is 17.6 Å². The van der Waals surface area contributed by atoms with Crippen molar-refractivity contribution >= 4 is 11.6 Å². The van der Waals surface area contributed by atoms with E-state index in [1.54, 1.807) is 18.2 Å². The zero-order chi connectivity index (χ0) is 25.2. The quantitative estimate of drug-likeness (QED) is 0.289. The van der Waals surface area contributed by atoms with E-state index in [4.69, 9.17) is 11.6 Å². The lowest BCUT2D eigenvalue weighted by molar-refractivity contribution is -0.138. The van der Waals surface area contributed by atoms with Crippen molar-refractivity contribution in [2.45, 2.75) is 71.4 Å². The van der Waals surface area contributed by atoms with Crippen LogP contribution in [0.25, 0.3) is 0 Å². The molecule has 0 spiro atoms. The average Bonchev–Trinajstić information content (AvgIpc) is 2.75. The number of halogens is 5. The number of benzene rings is 3. The van der Waals surface area contributed by atoms with Crippen molar-refractivity contribution in [2.75, 3.05) is 0 Å². The standard InChI is InChI=1S/C29H31ClF4/c1-17(2)28-20(5)22(11-13-27(28)31)15-19(4)24-16-21(10-12-25(24)29(32,33)34)14-18(3)23-8-6-7-9-26(23)30/h6-13,16-19H,14-15H2,1-5H3. The van der Waals surface area contributed by atoms with Gasteiger partial charge in [0, 0.05) is 5.02 Å². The molecule has 0 amide bonds. The molecule has 0 N–H and O–H groups in total. The summed E-state index contributed by atoms with van der Waals surface area (Å²) >= 11 is 6.33. The Hall–Kier alpha value is -2.33. The zero-order valence-electron chi connectivity index (χ0n) is 20.2. The topological polar surface area (TPSA) is 0 Å². The molecule has 2 unspecified atom stereocenters. The lowest BCUT2D eigenvalue weighted by Gasteiger charge is -2.23. The molecular weight excluding hydrogens is 460 g/mol. The summed E-state index contributed by atoms with van der Waals surface area (Å²) in [6, 6.07) is 15.1. The van der Waals surface area contributed by atoms with Crippen molar-refractivity contribution in [3.63, 3.8) is 0 Å². The largest absolute Gasteiger partial charge is 0.416 e. The van der Waals surface area contributed by atoms with Gasteiger partial charge < -0.3 is 0 Å². The smallest absolute Gasteiger partial charge is 0.207 e. The van der Waals surface area contributed by atoms with Gasteiger partial charge >= 0.3 is 6.18 Å². The first kappa shape index (κ1) is 26.3. The normalized spacial score (nSPS) is 13.9. The van der Waals surface area contributed by atoms with E-state index in [0.717, 1.165) is 22.3 Å². The highest BCUT2D eigenvalue weighted by Crippen LogP contribution is 2.38. The van der Waals surface area contributed by atoms with Gasteiger partial charge in [-0.05, 0) is 89.1 Å². The summed E-state index contributed by atoms with van der Waals surface area (Å²) in [5, 5.41) is 0.656. The van der Waals surface area contributed by atoms with Gasteiger partial charge in [0.25, 0.3) is 0 Å². The summed E-state index contributed by atoms with van der Waals surface area (Å²) in [4.78, 5) is 0. The maximum absolute atomic E-state index is 14.3. The fourth-order valence-corrected chi connectivity index (χ4v) is 5.18. The monoisotopic (exact) mass is 490 g/mol. The Bertz CT molecular complexity index is 1150. The Morgan fingerprint density at radius 2 is 1.47 bits per heavy atom. The lowest BCUT2D eigenvalue weighted by atomic mass is 9.84. The summed E-state index contributed by atoms with van der Waals surface area (Å²) < 4.78 is 56.0. The molecule has 0 aliphatic rings. The molecule has 0 nitrogen and oxygen atoms in total. The van der Waals surface area contributed by atoms with Crippen LogP contribution < -0.4 is 0 Å². The Morgan fingerprint density at radius 3 is 2.09 bits per heavy atom. The second-order valence-electron chi connectivity index (χ2n) is 9.55. The molecule has 0 saturated heterocycles. The molecule has 0 heterocycles. The van der Waals surface area contributed by atoms with Gasteiger partial charge in [-0.2, -0.15) is 13.2 Å². The minimum atomic E-state index is -4.45. The zero-order valence-corrected chi connectivity index (χ0v) is 21.0. The Balaban J connectivity index is 1.96. The third kappa shape index (κ3) is 5.83. The highest BCUT2D eigenvalue weighted by atomic mass is 35.5. The van der Waals surface area contributed by atoms with Gasteiger partial charge in [0.2, 0.25) is 0 Å². The second-order valence-corrected chi connectivity index (χ2v) is 9.96. The minimum absolute atomic E-state index is 0.00406. The van der Waals surface area contributed by atoms with E-state index >= 15 is 0 Å². The number of hydrogen-bond donors (Lipinski definition) is 0. The number of hydrogen-bond acceptors (Lipinski definition) is 0. The van der Waals surface area contributed by atoms with E-state index in [1.165, 1.54) is 12.1 Å². The van der Waals surface area contributed by atoms with Gasteiger partial charge in [-0.15, -0.1) is 0 Å². The molecular formula is C29H31ClF4. The fourth-order valence-electron chi connectivity index (χ4n) is 4.85. The average molecular weight is 491 g/mol. The van der Waals surface area contributed by atoms with Gasteiger partial charge in [-0.25, -0.2) is 4.39 Å². The summed E-state index contributed by atoms with van der Waals surface area (Å²) in [6.07, 6.45) is -3.47. The third-order valence-electron chi connectivity index (χ3n) is 6.61. The summed E-state index contributed by atoms with van der Waals surface area (Å²) in [5.41, 5.74) is 3.79. The first-order valence-electron chi connectivity index (χ1n) is 11.6. The fraction of sp³-hybridized carbons (Fsp3) is 0.379. The van der Waals surface area contributed by atoms with Crippen molar-refractivity contribution in [1.29, 1.82) is 0 Å². The molecule has 2 atom stereocenters. The maximum Gasteiger partial charge on any atom is 0.416 e. The molecule has 0 aliphatic carbocycles. The van der Waals surface area contributed by atoms with Crippen LogP contribution >= 0.6 is 11.6 Å². The SMILES string of the molecule is Cc1c(CC(C)c2cc(CC(C)c3ccccc3Cl)ccc2C(F)(F)F)ccc(F)c1C(C)C. The van der Waals surface area contributed by atoms with E-state index in [0.29, 0.717) is 23.4 Å². The van der Waals surface area contributed by atoms with Crippen LogP contribution in [0.4, 0.5) is 17.6 Å². The van der Waals surface area contributed by atoms with E-state index in [1.807, 2.05) is 58.9 Å². The molecule has 5 heteroatoms. The molecule has 0 aliphatic heterocycles. The summed E-state index contributed by atoms with van der Waals surface area (Å²) in [7, 11) is 0. The molecule has 182 valence electrons. The molecule has 3 aromatic carbocycles. The highest BCUT2D eigenvalue weighted by molar-refractivity contribution is 6.31. The van der Waals surface area contributed by atoms with Crippen LogP contribution in [0.15, 0.2) is 54.6 Å². The molecule has 0 saturated carbocycles. The second kappa shape index (κ2) is 10.5. The Labute approximate surface area is 205 Å². The number of rotatable bonds is 7. The van der Waals surface area contributed by atoms with Crippen molar-refractivity contribution in [1.82, 2.24) is 0 Å². The molecule has 0 radical (unpaired) electrons. The summed E-state index contributed by atoms with van der Waals surface area (Å²) in [5.74, 6) is -0.607. The maximum atomic E-state index is 14.3. The van der Waals surface area contributed by atoms with Crippen LogP contribution in [0.5, 0.6) is 0 Å². The first-order valence-corrected chi connectivity index (χ1v) is 12.0.